The fourth-order valence-electron chi connectivity index (χ4n) is 2.69. The van der Waals surface area contributed by atoms with Crippen molar-refractivity contribution in [2.75, 3.05) is 0 Å². The topological polar surface area (TPSA) is 20.2 Å². The molecule has 0 atom stereocenters. The van der Waals surface area contributed by atoms with E-state index in [9.17, 15) is 5.11 Å². The summed E-state index contributed by atoms with van der Waals surface area (Å²) in [5, 5.41) is 9.76. The number of aliphatic hydroxyl groups is 1. The molecular formula is C10H18O. The lowest BCUT2D eigenvalue weighted by molar-refractivity contribution is -0.0843. The molecule has 1 N–H and O–H groups in total. The molecule has 0 saturated heterocycles. The zero-order valence-corrected chi connectivity index (χ0v) is 8.10. The van der Waals surface area contributed by atoms with Gasteiger partial charge in [-0.15, -0.1) is 0 Å². The summed E-state index contributed by atoms with van der Waals surface area (Å²) in [5.74, 6) is 0. The van der Waals surface area contributed by atoms with E-state index in [0.29, 0.717) is 0 Å². The zero-order chi connectivity index (χ0) is 8.86. The van der Waals surface area contributed by atoms with Gasteiger partial charge in [-0.2, -0.15) is 0 Å². The van der Waals surface area contributed by atoms with Crippen molar-refractivity contribution in [1.82, 2.24) is 0 Å². The third kappa shape index (κ3) is 0.871. The normalized spacial score (nSPS) is 32.9. The minimum Gasteiger partial charge on any atom is -0.391 e. The maximum absolute atomic E-state index is 9.76. The number of rotatable bonds is 0. The zero-order valence-electron chi connectivity index (χ0n) is 8.10. The second-order valence-corrected chi connectivity index (χ2v) is 4.55. The Hall–Kier alpha value is -0.300. The van der Waals surface area contributed by atoms with Gasteiger partial charge in [0.2, 0.25) is 0 Å². The molecule has 0 radical (unpaired) electrons. The van der Waals surface area contributed by atoms with Crippen LogP contribution in [0, 0.1) is 10.8 Å². The van der Waals surface area contributed by atoms with Crippen molar-refractivity contribution in [3.05, 3.63) is 11.6 Å². The summed E-state index contributed by atoms with van der Waals surface area (Å²) in [6, 6.07) is 0. The molecule has 11 heavy (non-hydrogen) atoms. The Morgan fingerprint density at radius 2 is 1.55 bits per heavy atom. The standard InChI is InChI=1S/C10H18O/c1-6-7-9(2,3)8(11)10(7,4)5/h6,8,11H,1-5H3. The van der Waals surface area contributed by atoms with Crippen LogP contribution in [0.3, 0.4) is 0 Å². The van der Waals surface area contributed by atoms with E-state index in [0.717, 1.165) is 0 Å². The summed E-state index contributed by atoms with van der Waals surface area (Å²) in [7, 11) is 0. The van der Waals surface area contributed by atoms with E-state index < -0.39 is 0 Å². The van der Waals surface area contributed by atoms with E-state index in [-0.39, 0.29) is 16.9 Å². The van der Waals surface area contributed by atoms with Crippen molar-refractivity contribution < 1.29 is 5.11 Å². The lowest BCUT2D eigenvalue weighted by Crippen LogP contribution is -2.57. The van der Waals surface area contributed by atoms with E-state index in [4.69, 9.17) is 0 Å². The molecule has 0 spiro atoms. The smallest absolute Gasteiger partial charge is 0.0716 e. The number of hydrogen-bond donors (Lipinski definition) is 1. The van der Waals surface area contributed by atoms with Gasteiger partial charge >= 0.3 is 0 Å². The van der Waals surface area contributed by atoms with Crippen LogP contribution in [0.25, 0.3) is 0 Å². The molecule has 1 saturated carbocycles. The molecule has 1 nitrogen and oxygen atoms in total. The second kappa shape index (κ2) is 2.10. The molecule has 1 rings (SSSR count). The van der Waals surface area contributed by atoms with Crippen molar-refractivity contribution in [2.45, 2.75) is 40.7 Å². The van der Waals surface area contributed by atoms with E-state index >= 15 is 0 Å². The van der Waals surface area contributed by atoms with Crippen LogP contribution in [0.4, 0.5) is 0 Å². The molecule has 0 heterocycles. The Kier molecular flexibility index (Phi) is 1.68. The Balaban J connectivity index is 2.98. The van der Waals surface area contributed by atoms with Crippen molar-refractivity contribution in [3.63, 3.8) is 0 Å². The first kappa shape index (κ1) is 8.79. The third-order valence-corrected chi connectivity index (χ3v) is 3.04. The van der Waals surface area contributed by atoms with Crippen LogP contribution >= 0.6 is 0 Å². The maximum Gasteiger partial charge on any atom is 0.0716 e. The highest BCUT2D eigenvalue weighted by molar-refractivity contribution is 5.34. The predicted octanol–water partition coefficient (Wildman–Crippen LogP) is 2.36. The van der Waals surface area contributed by atoms with Crippen molar-refractivity contribution in [3.8, 4) is 0 Å². The summed E-state index contributed by atoms with van der Waals surface area (Å²) in [5.41, 5.74) is 1.37. The molecular weight excluding hydrogens is 136 g/mol. The fraction of sp³-hybridized carbons (Fsp3) is 0.800. The summed E-state index contributed by atoms with van der Waals surface area (Å²) < 4.78 is 0. The highest BCUT2D eigenvalue weighted by atomic mass is 16.3. The lowest BCUT2D eigenvalue weighted by atomic mass is 9.50. The summed E-state index contributed by atoms with van der Waals surface area (Å²) >= 11 is 0. The molecule has 0 amide bonds. The van der Waals surface area contributed by atoms with Crippen LogP contribution in [0.5, 0.6) is 0 Å². The number of aliphatic hydroxyl groups excluding tert-OH is 1. The highest BCUT2D eigenvalue weighted by Gasteiger charge is 2.56. The number of hydrogen-bond acceptors (Lipinski definition) is 1. The molecule has 0 aliphatic heterocycles. The molecule has 0 unspecified atom stereocenters. The Morgan fingerprint density at radius 3 is 1.73 bits per heavy atom. The summed E-state index contributed by atoms with van der Waals surface area (Å²) in [4.78, 5) is 0. The number of allylic oxidation sites excluding steroid dienone is 1. The molecule has 0 aromatic heterocycles. The van der Waals surface area contributed by atoms with Crippen LogP contribution < -0.4 is 0 Å². The van der Waals surface area contributed by atoms with Gasteiger partial charge in [0, 0.05) is 10.8 Å². The molecule has 1 aliphatic rings. The molecule has 0 aromatic rings. The third-order valence-electron chi connectivity index (χ3n) is 3.04. The average molecular weight is 154 g/mol. The largest absolute Gasteiger partial charge is 0.391 e. The summed E-state index contributed by atoms with van der Waals surface area (Å²) in [6.07, 6.45) is 1.94. The first-order valence-electron chi connectivity index (χ1n) is 4.20. The first-order valence-corrected chi connectivity index (χ1v) is 4.20. The molecule has 1 heteroatoms. The minimum absolute atomic E-state index is 0.00174. The van der Waals surface area contributed by atoms with Gasteiger partial charge in [-0.25, -0.2) is 0 Å². The Labute approximate surface area is 69.1 Å². The minimum atomic E-state index is -0.193. The van der Waals surface area contributed by atoms with Crippen molar-refractivity contribution in [2.24, 2.45) is 10.8 Å². The second-order valence-electron chi connectivity index (χ2n) is 4.55. The van der Waals surface area contributed by atoms with Crippen LogP contribution in [0.15, 0.2) is 11.6 Å². The highest BCUT2D eigenvalue weighted by Crippen LogP contribution is 2.58. The van der Waals surface area contributed by atoms with Gasteiger partial charge in [0.1, 0.15) is 0 Å². The molecule has 1 aliphatic carbocycles. The van der Waals surface area contributed by atoms with Crippen LogP contribution in [-0.4, -0.2) is 11.2 Å². The van der Waals surface area contributed by atoms with Crippen LogP contribution in [0.2, 0.25) is 0 Å². The van der Waals surface area contributed by atoms with Crippen molar-refractivity contribution in [1.29, 1.82) is 0 Å². The molecule has 0 bridgehead atoms. The molecule has 64 valence electrons. The van der Waals surface area contributed by atoms with Gasteiger partial charge < -0.3 is 5.11 Å². The fourth-order valence-corrected chi connectivity index (χ4v) is 2.69. The average Bonchev–Trinajstić information content (AvgIpc) is 1.86. The van der Waals surface area contributed by atoms with E-state index in [1.807, 2.05) is 6.92 Å². The van der Waals surface area contributed by atoms with Gasteiger partial charge in [-0.3, -0.25) is 0 Å². The van der Waals surface area contributed by atoms with E-state index in [1.54, 1.807) is 0 Å². The van der Waals surface area contributed by atoms with Gasteiger partial charge in [-0.1, -0.05) is 39.3 Å². The van der Waals surface area contributed by atoms with E-state index in [1.165, 1.54) is 5.57 Å². The predicted molar refractivity (Wildman–Crippen MR) is 47.3 cm³/mol. The van der Waals surface area contributed by atoms with Crippen LogP contribution in [0.1, 0.15) is 34.6 Å². The van der Waals surface area contributed by atoms with Gasteiger partial charge in [0.25, 0.3) is 0 Å². The maximum atomic E-state index is 9.76. The summed E-state index contributed by atoms with van der Waals surface area (Å²) in [6.45, 7) is 10.4. The van der Waals surface area contributed by atoms with Gasteiger partial charge in [0.05, 0.1) is 6.10 Å². The molecule has 1 fully saturated rings. The van der Waals surface area contributed by atoms with Crippen molar-refractivity contribution >= 4 is 0 Å². The van der Waals surface area contributed by atoms with E-state index in [2.05, 4.69) is 33.8 Å². The van der Waals surface area contributed by atoms with Crippen LogP contribution in [-0.2, 0) is 0 Å². The first-order chi connectivity index (χ1) is 4.85. The SMILES string of the molecule is CC=C1C(C)(C)C(O)C1(C)C. The molecule has 0 aromatic carbocycles. The monoisotopic (exact) mass is 154 g/mol. The Morgan fingerprint density at radius 1 is 1.18 bits per heavy atom. The van der Waals surface area contributed by atoms with Gasteiger partial charge in [-0.05, 0) is 6.92 Å². The van der Waals surface area contributed by atoms with Gasteiger partial charge in [0.15, 0.2) is 0 Å². The Bertz CT molecular complexity index is 181. The quantitative estimate of drug-likeness (QED) is 0.531. The lowest BCUT2D eigenvalue weighted by Gasteiger charge is -2.57.